The molecule has 1 aliphatic carbocycles. The fraction of sp³-hybridized carbons (Fsp3) is 0.200. The second-order valence-electron chi connectivity index (χ2n) is 10.5. The highest BCUT2D eigenvalue weighted by atomic mass is 14.5. The molecule has 1 aliphatic rings. The van der Waals surface area contributed by atoms with E-state index in [1.165, 1.54) is 77.5 Å². The Morgan fingerprint density at radius 2 is 0.886 bits per heavy atom. The van der Waals surface area contributed by atoms with Crippen LogP contribution in [-0.2, 0) is 5.41 Å². The Balaban J connectivity index is 1.85. The van der Waals surface area contributed by atoms with Crippen molar-refractivity contribution in [1.29, 1.82) is 0 Å². The fourth-order valence-electron chi connectivity index (χ4n) is 6.26. The van der Waals surface area contributed by atoms with Crippen LogP contribution in [0.2, 0.25) is 0 Å². The van der Waals surface area contributed by atoms with E-state index in [0.717, 1.165) is 0 Å². The molecular weight excluding hydrogens is 420 g/mol. The highest BCUT2D eigenvalue weighted by Gasteiger charge is 2.46. The fourth-order valence-corrected chi connectivity index (χ4v) is 6.26. The van der Waals surface area contributed by atoms with Crippen LogP contribution < -0.4 is 0 Å². The second kappa shape index (κ2) is 7.68. The minimum atomic E-state index is -0.359. The molecule has 5 aromatic rings. The van der Waals surface area contributed by atoms with Crippen molar-refractivity contribution in [2.45, 2.75) is 47.0 Å². The molecule has 0 amide bonds. The quantitative estimate of drug-likeness (QED) is 0.246. The van der Waals surface area contributed by atoms with Crippen molar-refractivity contribution >= 4 is 10.8 Å². The number of rotatable bonds is 2. The maximum atomic E-state index is 2.46. The van der Waals surface area contributed by atoms with Crippen molar-refractivity contribution in [2.75, 3.05) is 0 Å². The summed E-state index contributed by atoms with van der Waals surface area (Å²) >= 11 is 0. The summed E-state index contributed by atoms with van der Waals surface area (Å²) in [5.41, 5.74) is 16.0. The van der Waals surface area contributed by atoms with Crippen LogP contribution in [0.15, 0.2) is 84.9 Å². The molecule has 5 aromatic carbocycles. The summed E-state index contributed by atoms with van der Waals surface area (Å²) in [6.07, 6.45) is 0. The van der Waals surface area contributed by atoms with Crippen LogP contribution in [0.3, 0.4) is 0 Å². The molecule has 0 saturated carbocycles. The van der Waals surface area contributed by atoms with Crippen LogP contribution in [0.1, 0.15) is 55.6 Å². The number of hydrogen-bond acceptors (Lipinski definition) is 0. The molecule has 0 radical (unpaired) electrons. The summed E-state index contributed by atoms with van der Waals surface area (Å²) in [5, 5.41) is 2.59. The lowest BCUT2D eigenvalue weighted by Crippen LogP contribution is -2.29. The van der Waals surface area contributed by atoms with Gasteiger partial charge < -0.3 is 0 Å². The third-order valence-electron chi connectivity index (χ3n) is 8.63. The normalized spacial score (nSPS) is 13.7. The van der Waals surface area contributed by atoms with Gasteiger partial charge in [0.25, 0.3) is 0 Å². The molecule has 35 heavy (non-hydrogen) atoms. The summed E-state index contributed by atoms with van der Waals surface area (Å²) in [4.78, 5) is 0. The van der Waals surface area contributed by atoms with E-state index in [2.05, 4.69) is 126 Å². The van der Waals surface area contributed by atoms with Crippen LogP contribution in [0.4, 0.5) is 0 Å². The third kappa shape index (κ3) is 2.99. The Kier molecular flexibility index (Phi) is 4.80. The summed E-state index contributed by atoms with van der Waals surface area (Å²) in [6.45, 7) is 13.5. The van der Waals surface area contributed by atoms with Gasteiger partial charge in [-0.1, -0.05) is 72.8 Å². The van der Waals surface area contributed by atoms with Gasteiger partial charge in [-0.3, -0.25) is 0 Å². The van der Waals surface area contributed by atoms with Crippen LogP contribution in [0.25, 0.3) is 21.9 Å². The van der Waals surface area contributed by atoms with E-state index in [1.54, 1.807) is 0 Å². The van der Waals surface area contributed by atoms with Crippen LogP contribution in [-0.4, -0.2) is 0 Å². The lowest BCUT2D eigenvalue weighted by atomic mass is 9.66. The lowest BCUT2D eigenvalue weighted by molar-refractivity contribution is 0.763. The van der Waals surface area contributed by atoms with Crippen molar-refractivity contribution in [2.24, 2.45) is 0 Å². The van der Waals surface area contributed by atoms with Gasteiger partial charge >= 0.3 is 0 Å². The molecule has 0 N–H and O–H groups in total. The Labute approximate surface area is 209 Å². The van der Waals surface area contributed by atoms with E-state index in [0.29, 0.717) is 0 Å². The second-order valence-corrected chi connectivity index (χ2v) is 10.5. The molecule has 6 rings (SSSR count). The summed E-state index contributed by atoms with van der Waals surface area (Å²) < 4.78 is 0. The Bertz CT molecular complexity index is 1540. The highest BCUT2D eigenvalue weighted by molar-refractivity contribution is 5.96. The predicted molar refractivity (Wildman–Crippen MR) is 150 cm³/mol. The zero-order chi connectivity index (χ0) is 24.5. The van der Waals surface area contributed by atoms with Gasteiger partial charge in [-0.15, -0.1) is 0 Å². The smallest absolute Gasteiger partial charge is 0.0619 e. The minimum Gasteiger partial charge on any atom is -0.0619 e. The van der Waals surface area contributed by atoms with Gasteiger partial charge in [0.05, 0.1) is 5.41 Å². The van der Waals surface area contributed by atoms with Crippen LogP contribution >= 0.6 is 0 Å². The number of aryl methyl sites for hydroxylation is 4. The maximum absolute atomic E-state index is 2.46. The average Bonchev–Trinajstić information content (AvgIpc) is 3.14. The van der Waals surface area contributed by atoms with Gasteiger partial charge in [0, 0.05) is 0 Å². The average molecular weight is 453 g/mol. The summed E-state index contributed by atoms with van der Waals surface area (Å²) in [5.74, 6) is 0. The molecule has 0 bridgehead atoms. The molecule has 172 valence electrons. The van der Waals surface area contributed by atoms with Crippen molar-refractivity contribution in [3.63, 3.8) is 0 Å². The van der Waals surface area contributed by atoms with Gasteiger partial charge in [-0.2, -0.15) is 0 Å². The topological polar surface area (TPSA) is 0 Å². The lowest BCUT2D eigenvalue weighted by Gasteiger charge is -2.35. The monoisotopic (exact) mass is 452 g/mol. The Morgan fingerprint density at radius 3 is 1.43 bits per heavy atom. The molecule has 0 fully saturated rings. The van der Waals surface area contributed by atoms with Gasteiger partial charge in [0.15, 0.2) is 0 Å². The Morgan fingerprint density at radius 1 is 0.429 bits per heavy atom. The van der Waals surface area contributed by atoms with E-state index in [9.17, 15) is 0 Å². The van der Waals surface area contributed by atoms with Gasteiger partial charge in [-0.25, -0.2) is 0 Å². The maximum Gasteiger partial charge on any atom is 0.0714 e. The first-order valence-corrected chi connectivity index (χ1v) is 12.6. The number of benzene rings is 5. The van der Waals surface area contributed by atoms with Crippen LogP contribution in [0.5, 0.6) is 0 Å². The first-order valence-electron chi connectivity index (χ1n) is 12.6. The zero-order valence-corrected chi connectivity index (χ0v) is 21.6. The molecule has 0 saturated heterocycles. The zero-order valence-electron chi connectivity index (χ0n) is 21.6. The van der Waals surface area contributed by atoms with Gasteiger partial charge in [0.2, 0.25) is 0 Å². The number of hydrogen-bond donors (Lipinski definition) is 0. The van der Waals surface area contributed by atoms with E-state index < -0.39 is 0 Å². The SMILES string of the molecule is Cc1cc(C2(c3cc(C)c(C)c(C)c3)c3ccccc3-c3cc4ccccc4cc32)cc(C)c1C. The molecule has 0 heterocycles. The van der Waals surface area contributed by atoms with E-state index in [4.69, 9.17) is 0 Å². The largest absolute Gasteiger partial charge is 0.0714 e. The van der Waals surface area contributed by atoms with E-state index in [-0.39, 0.29) is 5.41 Å². The summed E-state index contributed by atoms with van der Waals surface area (Å²) in [6, 6.07) is 32.5. The van der Waals surface area contributed by atoms with E-state index >= 15 is 0 Å². The van der Waals surface area contributed by atoms with Crippen molar-refractivity contribution in [3.05, 3.63) is 141 Å². The minimum absolute atomic E-state index is 0.359. The molecule has 0 unspecified atom stereocenters. The summed E-state index contributed by atoms with van der Waals surface area (Å²) in [7, 11) is 0. The molecular formula is C35H32. The van der Waals surface area contributed by atoms with Gasteiger partial charge in [-0.05, 0) is 131 Å². The third-order valence-corrected chi connectivity index (χ3v) is 8.63. The van der Waals surface area contributed by atoms with Crippen LogP contribution in [0, 0.1) is 41.5 Å². The molecule has 0 atom stereocenters. The molecule has 0 nitrogen and oxygen atoms in total. The van der Waals surface area contributed by atoms with Gasteiger partial charge in [0.1, 0.15) is 0 Å². The van der Waals surface area contributed by atoms with Crippen molar-refractivity contribution < 1.29 is 0 Å². The highest BCUT2D eigenvalue weighted by Crippen LogP contribution is 2.57. The molecule has 0 spiro atoms. The Hall–Kier alpha value is -3.64. The molecule has 0 aliphatic heterocycles. The first kappa shape index (κ1) is 21.9. The number of fused-ring (bicyclic) bond motifs is 4. The predicted octanol–water partition coefficient (Wildman–Crippen LogP) is 9.05. The molecule has 0 aromatic heterocycles. The van der Waals surface area contributed by atoms with Crippen molar-refractivity contribution in [1.82, 2.24) is 0 Å². The van der Waals surface area contributed by atoms with E-state index in [1.807, 2.05) is 0 Å². The standard InChI is InChI=1S/C35H32/c1-21-15-29(16-22(2)25(21)5)35(30-17-23(3)26(6)24(4)18-30)33-14-10-9-13-31(33)32-19-27-11-7-8-12-28(27)20-34(32)35/h7-20H,1-6H3. The van der Waals surface area contributed by atoms with Crippen molar-refractivity contribution in [3.8, 4) is 11.1 Å². The first-order chi connectivity index (χ1) is 16.8. The molecule has 0 heteroatoms.